The van der Waals surface area contributed by atoms with Crippen LogP contribution in [0.15, 0.2) is 28.7 Å². The molecule has 1 aromatic carbocycles. The lowest BCUT2D eigenvalue weighted by Crippen LogP contribution is -2.03. The third-order valence-electron chi connectivity index (χ3n) is 2.42. The van der Waals surface area contributed by atoms with Gasteiger partial charge in [0.1, 0.15) is 0 Å². The van der Waals surface area contributed by atoms with Crippen molar-refractivity contribution in [3.05, 3.63) is 34.3 Å². The second-order valence-electron chi connectivity index (χ2n) is 3.52. The third-order valence-corrected chi connectivity index (χ3v) is 3.16. The Kier molecular flexibility index (Phi) is 3.28. The number of methoxy groups -OCH3 is 1. The van der Waals surface area contributed by atoms with Gasteiger partial charge in [0, 0.05) is 21.5 Å². The zero-order valence-electron chi connectivity index (χ0n) is 9.11. The van der Waals surface area contributed by atoms with E-state index in [0.717, 1.165) is 9.86 Å². The molecule has 0 aliphatic rings. The van der Waals surface area contributed by atoms with Crippen molar-refractivity contribution >= 4 is 32.8 Å². The fourth-order valence-electron chi connectivity index (χ4n) is 1.64. The van der Waals surface area contributed by atoms with Gasteiger partial charge in [-0.15, -0.1) is 0 Å². The van der Waals surface area contributed by atoms with Gasteiger partial charge in [0.05, 0.1) is 19.0 Å². The highest BCUT2D eigenvalue weighted by Crippen LogP contribution is 2.27. The molecular weight excluding hydrogens is 286 g/mol. The van der Waals surface area contributed by atoms with Gasteiger partial charge in [-0.2, -0.15) is 0 Å². The van der Waals surface area contributed by atoms with Gasteiger partial charge in [-0.25, -0.2) is 4.98 Å². The molecule has 0 saturated carbocycles. The molecule has 0 amide bonds. The molecule has 1 heterocycles. The van der Waals surface area contributed by atoms with Crippen molar-refractivity contribution in [3.8, 4) is 5.88 Å². The summed E-state index contributed by atoms with van der Waals surface area (Å²) in [5, 5.41) is 9.79. The van der Waals surface area contributed by atoms with Crippen molar-refractivity contribution in [1.29, 1.82) is 0 Å². The molecule has 0 unspecified atom stereocenters. The molecule has 1 aromatic heterocycles. The summed E-state index contributed by atoms with van der Waals surface area (Å²) in [4.78, 5) is 15.1. The van der Waals surface area contributed by atoms with Gasteiger partial charge in [-0.05, 0) is 12.1 Å². The lowest BCUT2D eigenvalue weighted by atomic mass is 10.1. The van der Waals surface area contributed by atoms with E-state index in [4.69, 9.17) is 9.84 Å². The molecule has 0 fully saturated rings. The topological polar surface area (TPSA) is 59.4 Å². The van der Waals surface area contributed by atoms with Gasteiger partial charge < -0.3 is 9.84 Å². The van der Waals surface area contributed by atoms with Crippen LogP contribution in [-0.4, -0.2) is 23.2 Å². The molecule has 0 bridgehead atoms. The van der Waals surface area contributed by atoms with Crippen LogP contribution < -0.4 is 4.74 Å². The lowest BCUT2D eigenvalue weighted by molar-refractivity contribution is -0.136. The quantitative estimate of drug-likeness (QED) is 0.946. The molecule has 5 heteroatoms. The lowest BCUT2D eigenvalue weighted by Gasteiger charge is -2.07. The van der Waals surface area contributed by atoms with Crippen molar-refractivity contribution in [2.24, 2.45) is 0 Å². The third kappa shape index (κ3) is 2.39. The number of carboxylic acid groups (broad SMARTS) is 1. The monoisotopic (exact) mass is 295 g/mol. The molecule has 0 radical (unpaired) electrons. The van der Waals surface area contributed by atoms with E-state index in [1.165, 1.54) is 7.11 Å². The number of halogens is 1. The highest BCUT2D eigenvalue weighted by molar-refractivity contribution is 9.10. The number of nitrogens with zero attached hydrogens (tertiary/aromatic N) is 1. The standard InChI is InChI=1S/C12H10BrNO3/c1-17-10-5-3-7-2-4-9(13)8(6-11(15)16)12(7)14-10/h2-5H,6H2,1H3,(H,15,16). The van der Waals surface area contributed by atoms with Crippen LogP contribution in [0.2, 0.25) is 0 Å². The van der Waals surface area contributed by atoms with E-state index in [-0.39, 0.29) is 6.42 Å². The largest absolute Gasteiger partial charge is 0.481 e. The van der Waals surface area contributed by atoms with E-state index in [2.05, 4.69) is 20.9 Å². The average molecular weight is 296 g/mol. The molecule has 0 aliphatic carbocycles. The van der Waals surface area contributed by atoms with E-state index < -0.39 is 5.97 Å². The summed E-state index contributed by atoms with van der Waals surface area (Å²) >= 11 is 3.35. The van der Waals surface area contributed by atoms with Gasteiger partial charge in [0.15, 0.2) is 0 Å². The molecule has 2 rings (SSSR count). The average Bonchev–Trinajstić information content (AvgIpc) is 2.32. The van der Waals surface area contributed by atoms with Gasteiger partial charge >= 0.3 is 5.97 Å². The molecule has 0 aliphatic heterocycles. The van der Waals surface area contributed by atoms with Crippen molar-refractivity contribution in [3.63, 3.8) is 0 Å². The van der Waals surface area contributed by atoms with Crippen LogP contribution in [0, 0.1) is 0 Å². The molecular formula is C12H10BrNO3. The fraction of sp³-hybridized carbons (Fsp3) is 0.167. The fourth-order valence-corrected chi connectivity index (χ4v) is 2.10. The van der Waals surface area contributed by atoms with Crippen LogP contribution >= 0.6 is 15.9 Å². The van der Waals surface area contributed by atoms with Crippen molar-refractivity contribution in [2.45, 2.75) is 6.42 Å². The Morgan fingerprint density at radius 2 is 2.12 bits per heavy atom. The predicted octanol–water partition coefficient (Wildman–Crippen LogP) is 2.63. The zero-order valence-corrected chi connectivity index (χ0v) is 10.7. The summed E-state index contributed by atoms with van der Waals surface area (Å²) in [7, 11) is 1.53. The second kappa shape index (κ2) is 4.71. The Morgan fingerprint density at radius 3 is 2.76 bits per heavy atom. The van der Waals surface area contributed by atoms with Gasteiger partial charge in [-0.1, -0.05) is 22.0 Å². The van der Waals surface area contributed by atoms with Crippen LogP contribution in [0.25, 0.3) is 10.9 Å². The second-order valence-corrected chi connectivity index (χ2v) is 4.38. The summed E-state index contributed by atoms with van der Waals surface area (Å²) in [6.45, 7) is 0. The molecule has 0 atom stereocenters. The van der Waals surface area contributed by atoms with E-state index in [1.54, 1.807) is 6.07 Å². The van der Waals surface area contributed by atoms with Crippen LogP contribution in [0.4, 0.5) is 0 Å². The van der Waals surface area contributed by atoms with E-state index in [0.29, 0.717) is 17.0 Å². The minimum absolute atomic E-state index is 0.0713. The number of pyridine rings is 1. The summed E-state index contributed by atoms with van der Waals surface area (Å²) in [6.07, 6.45) is -0.0713. The number of benzene rings is 1. The minimum atomic E-state index is -0.886. The molecule has 1 N–H and O–H groups in total. The molecule has 0 saturated heterocycles. The van der Waals surface area contributed by atoms with Crippen LogP contribution in [0.3, 0.4) is 0 Å². The zero-order chi connectivity index (χ0) is 12.4. The Hall–Kier alpha value is -1.62. The summed E-state index contributed by atoms with van der Waals surface area (Å²) in [6, 6.07) is 7.33. The van der Waals surface area contributed by atoms with E-state index in [9.17, 15) is 4.79 Å². The first-order valence-electron chi connectivity index (χ1n) is 4.95. The predicted molar refractivity (Wildman–Crippen MR) is 67.3 cm³/mol. The molecule has 88 valence electrons. The van der Waals surface area contributed by atoms with Gasteiger partial charge in [0.25, 0.3) is 0 Å². The number of fused-ring (bicyclic) bond motifs is 1. The van der Waals surface area contributed by atoms with Crippen LogP contribution in [0.1, 0.15) is 5.56 Å². The van der Waals surface area contributed by atoms with E-state index >= 15 is 0 Å². The Balaban J connectivity index is 2.68. The maximum Gasteiger partial charge on any atom is 0.307 e. The maximum atomic E-state index is 10.8. The summed E-state index contributed by atoms with van der Waals surface area (Å²) in [5.74, 6) is -0.412. The van der Waals surface area contributed by atoms with Gasteiger partial charge in [0.2, 0.25) is 5.88 Å². The molecule has 17 heavy (non-hydrogen) atoms. The number of carbonyl (C=O) groups is 1. The van der Waals surface area contributed by atoms with Crippen molar-refractivity contribution < 1.29 is 14.6 Å². The first kappa shape index (κ1) is 11.9. The maximum absolute atomic E-state index is 10.8. The number of ether oxygens (including phenoxy) is 1. The van der Waals surface area contributed by atoms with Crippen molar-refractivity contribution in [2.75, 3.05) is 7.11 Å². The summed E-state index contributed by atoms with van der Waals surface area (Å²) < 4.78 is 5.79. The Labute approximate surface area is 106 Å². The summed E-state index contributed by atoms with van der Waals surface area (Å²) in [5.41, 5.74) is 1.31. The Morgan fingerprint density at radius 1 is 1.41 bits per heavy atom. The number of rotatable bonds is 3. The SMILES string of the molecule is COc1ccc2ccc(Br)c(CC(=O)O)c2n1. The first-order valence-corrected chi connectivity index (χ1v) is 5.75. The number of hydrogen-bond acceptors (Lipinski definition) is 3. The normalized spacial score (nSPS) is 10.5. The Bertz CT molecular complexity index is 583. The minimum Gasteiger partial charge on any atom is -0.481 e. The molecule has 0 spiro atoms. The van der Waals surface area contributed by atoms with Crippen LogP contribution in [0.5, 0.6) is 5.88 Å². The highest BCUT2D eigenvalue weighted by atomic mass is 79.9. The number of aromatic nitrogens is 1. The van der Waals surface area contributed by atoms with Crippen molar-refractivity contribution in [1.82, 2.24) is 4.98 Å². The number of aliphatic carboxylic acids is 1. The molecule has 2 aromatic rings. The highest BCUT2D eigenvalue weighted by Gasteiger charge is 2.11. The first-order chi connectivity index (χ1) is 8.11. The molecule has 4 nitrogen and oxygen atoms in total. The number of carboxylic acids is 1. The van der Waals surface area contributed by atoms with Crippen LogP contribution in [-0.2, 0) is 11.2 Å². The van der Waals surface area contributed by atoms with E-state index in [1.807, 2.05) is 18.2 Å². The smallest absolute Gasteiger partial charge is 0.307 e. The van der Waals surface area contributed by atoms with Gasteiger partial charge in [-0.3, -0.25) is 4.79 Å². The number of hydrogen-bond donors (Lipinski definition) is 1.